The summed E-state index contributed by atoms with van der Waals surface area (Å²) in [6.45, 7) is 4.80. The van der Waals surface area contributed by atoms with E-state index in [1.165, 1.54) is 0 Å². The molecule has 0 aliphatic carbocycles. The molecule has 1 amide bonds. The smallest absolute Gasteiger partial charge is 0.251 e. The monoisotopic (exact) mass is 330 g/mol. The normalized spacial score (nSPS) is 10.5. The van der Waals surface area contributed by atoms with E-state index in [9.17, 15) is 4.79 Å². The highest BCUT2D eigenvalue weighted by Gasteiger charge is 2.07. The molecular formula is C17H22N4O3. The number of carbonyl (C=O) groups excluding carboxylic acids is 1. The highest BCUT2D eigenvalue weighted by Crippen LogP contribution is 2.15. The van der Waals surface area contributed by atoms with Gasteiger partial charge in [0.25, 0.3) is 5.91 Å². The molecule has 1 aromatic heterocycles. The van der Waals surface area contributed by atoms with E-state index in [2.05, 4.69) is 20.6 Å². The van der Waals surface area contributed by atoms with E-state index in [4.69, 9.17) is 9.84 Å². The Morgan fingerprint density at radius 3 is 2.62 bits per heavy atom. The lowest BCUT2D eigenvalue weighted by atomic mass is 10.2. The summed E-state index contributed by atoms with van der Waals surface area (Å²) >= 11 is 0. The summed E-state index contributed by atoms with van der Waals surface area (Å²) in [5.74, 6) is 0.315. The third-order valence-electron chi connectivity index (χ3n) is 3.13. The Hall–Kier alpha value is -2.51. The summed E-state index contributed by atoms with van der Waals surface area (Å²) < 4.78 is 5.10. The maximum absolute atomic E-state index is 12.1. The summed E-state index contributed by atoms with van der Waals surface area (Å²) in [4.78, 5) is 20.8. The first kappa shape index (κ1) is 17.8. The molecule has 0 spiro atoms. The number of nitrogens with zero attached hydrogens (tertiary/aromatic N) is 2. The molecule has 0 radical (unpaired) electrons. The molecule has 0 unspecified atom stereocenters. The quantitative estimate of drug-likeness (QED) is 0.636. The molecule has 1 aromatic carbocycles. The number of hydrogen-bond acceptors (Lipinski definition) is 6. The van der Waals surface area contributed by atoms with Crippen molar-refractivity contribution in [2.45, 2.75) is 13.8 Å². The zero-order valence-electron chi connectivity index (χ0n) is 13.9. The number of carbonyl (C=O) groups is 1. The second-order valence-corrected chi connectivity index (χ2v) is 5.27. The topological polar surface area (TPSA) is 96.4 Å². The van der Waals surface area contributed by atoms with Gasteiger partial charge < -0.3 is 20.5 Å². The van der Waals surface area contributed by atoms with Crippen LogP contribution in [0.25, 0.3) is 0 Å². The first-order chi connectivity index (χ1) is 11.6. The molecule has 7 heteroatoms. The van der Waals surface area contributed by atoms with Crippen molar-refractivity contribution in [1.82, 2.24) is 15.3 Å². The lowest BCUT2D eigenvalue weighted by molar-refractivity contribution is 0.0838. The number of amides is 1. The van der Waals surface area contributed by atoms with E-state index in [-0.39, 0.29) is 19.1 Å². The molecule has 24 heavy (non-hydrogen) atoms. The lowest BCUT2D eigenvalue weighted by Crippen LogP contribution is -2.27. The fourth-order valence-corrected chi connectivity index (χ4v) is 2.15. The number of aliphatic hydroxyl groups is 1. The van der Waals surface area contributed by atoms with Gasteiger partial charge in [-0.2, -0.15) is 0 Å². The maximum Gasteiger partial charge on any atom is 0.251 e. The highest BCUT2D eigenvalue weighted by molar-refractivity contribution is 5.95. The zero-order chi connectivity index (χ0) is 17.4. The third kappa shape index (κ3) is 5.60. The van der Waals surface area contributed by atoms with Crippen molar-refractivity contribution in [3.05, 3.63) is 47.3 Å². The van der Waals surface area contributed by atoms with Crippen LogP contribution in [0.3, 0.4) is 0 Å². The first-order valence-corrected chi connectivity index (χ1v) is 7.74. The molecule has 0 fully saturated rings. The molecule has 7 nitrogen and oxygen atoms in total. The second-order valence-electron chi connectivity index (χ2n) is 5.27. The van der Waals surface area contributed by atoms with Crippen LogP contribution >= 0.6 is 0 Å². The van der Waals surface area contributed by atoms with E-state index in [0.29, 0.717) is 24.7 Å². The minimum atomic E-state index is -0.187. The summed E-state index contributed by atoms with van der Waals surface area (Å²) in [7, 11) is 0. The number of benzene rings is 1. The largest absolute Gasteiger partial charge is 0.394 e. The average molecular weight is 330 g/mol. The standard InChI is InChI=1S/C17H22N4O3/c1-12-10-13(2)20-17(19-12)21-15-5-3-4-14(11-15)16(23)18-6-8-24-9-7-22/h3-5,10-11,22H,6-9H2,1-2H3,(H,18,23)(H,19,20,21). The van der Waals surface area contributed by atoms with Crippen molar-refractivity contribution < 1.29 is 14.6 Å². The Balaban J connectivity index is 1.96. The lowest BCUT2D eigenvalue weighted by Gasteiger charge is -2.09. The van der Waals surface area contributed by atoms with Gasteiger partial charge in [0.15, 0.2) is 0 Å². The van der Waals surface area contributed by atoms with Crippen molar-refractivity contribution in [1.29, 1.82) is 0 Å². The number of aliphatic hydroxyl groups excluding tert-OH is 1. The van der Waals surface area contributed by atoms with Gasteiger partial charge in [0, 0.05) is 29.2 Å². The predicted molar refractivity (Wildman–Crippen MR) is 91.5 cm³/mol. The number of aryl methyl sites for hydroxylation is 2. The van der Waals surface area contributed by atoms with E-state index in [1.54, 1.807) is 18.2 Å². The van der Waals surface area contributed by atoms with Crippen molar-refractivity contribution in [2.24, 2.45) is 0 Å². The minimum Gasteiger partial charge on any atom is -0.394 e. The number of rotatable bonds is 8. The fraction of sp³-hybridized carbons (Fsp3) is 0.353. The van der Waals surface area contributed by atoms with E-state index >= 15 is 0 Å². The summed E-state index contributed by atoms with van der Waals surface area (Å²) in [6.07, 6.45) is 0. The number of anilines is 2. The third-order valence-corrected chi connectivity index (χ3v) is 3.13. The molecular weight excluding hydrogens is 308 g/mol. The molecule has 128 valence electrons. The van der Waals surface area contributed by atoms with Gasteiger partial charge in [-0.25, -0.2) is 9.97 Å². The summed E-state index contributed by atoms with van der Waals surface area (Å²) in [5.41, 5.74) is 3.03. The van der Waals surface area contributed by atoms with Crippen LogP contribution < -0.4 is 10.6 Å². The van der Waals surface area contributed by atoms with Crippen molar-refractivity contribution in [3.8, 4) is 0 Å². The van der Waals surface area contributed by atoms with Crippen LogP contribution in [0.1, 0.15) is 21.7 Å². The van der Waals surface area contributed by atoms with Crippen LogP contribution in [0.4, 0.5) is 11.6 Å². The van der Waals surface area contributed by atoms with Gasteiger partial charge in [0.1, 0.15) is 0 Å². The van der Waals surface area contributed by atoms with E-state index < -0.39 is 0 Å². The second kappa shape index (κ2) is 8.95. The molecule has 0 saturated heterocycles. The Bertz CT molecular complexity index is 671. The van der Waals surface area contributed by atoms with E-state index in [0.717, 1.165) is 17.1 Å². The molecule has 0 saturated carbocycles. The Morgan fingerprint density at radius 1 is 1.17 bits per heavy atom. The Morgan fingerprint density at radius 2 is 1.92 bits per heavy atom. The van der Waals surface area contributed by atoms with Crippen molar-refractivity contribution in [3.63, 3.8) is 0 Å². The van der Waals surface area contributed by atoms with Gasteiger partial charge in [-0.05, 0) is 38.1 Å². The number of nitrogens with one attached hydrogen (secondary N) is 2. The molecule has 0 aliphatic rings. The zero-order valence-corrected chi connectivity index (χ0v) is 13.9. The van der Waals surface area contributed by atoms with Crippen LogP contribution in [-0.4, -0.2) is 47.3 Å². The number of ether oxygens (including phenoxy) is 1. The first-order valence-electron chi connectivity index (χ1n) is 7.74. The van der Waals surface area contributed by atoms with Crippen LogP contribution in [0, 0.1) is 13.8 Å². The molecule has 0 atom stereocenters. The Labute approximate surface area is 141 Å². The molecule has 0 aliphatic heterocycles. The maximum atomic E-state index is 12.1. The van der Waals surface area contributed by atoms with Gasteiger partial charge in [-0.1, -0.05) is 6.07 Å². The number of hydrogen-bond donors (Lipinski definition) is 3. The summed E-state index contributed by atoms with van der Waals surface area (Å²) in [5, 5.41) is 14.5. The van der Waals surface area contributed by atoms with Crippen LogP contribution in [0.5, 0.6) is 0 Å². The van der Waals surface area contributed by atoms with Gasteiger partial charge in [0.2, 0.25) is 5.95 Å². The van der Waals surface area contributed by atoms with Crippen LogP contribution in [0.2, 0.25) is 0 Å². The number of aromatic nitrogens is 2. The molecule has 2 aromatic rings. The predicted octanol–water partition coefficient (Wildman–Crippen LogP) is 1.58. The molecule has 2 rings (SSSR count). The molecule has 0 bridgehead atoms. The fourth-order valence-electron chi connectivity index (χ4n) is 2.15. The molecule has 3 N–H and O–H groups in total. The van der Waals surface area contributed by atoms with Gasteiger partial charge in [-0.15, -0.1) is 0 Å². The van der Waals surface area contributed by atoms with Crippen molar-refractivity contribution >= 4 is 17.5 Å². The van der Waals surface area contributed by atoms with Gasteiger partial charge in [-0.3, -0.25) is 4.79 Å². The highest BCUT2D eigenvalue weighted by atomic mass is 16.5. The SMILES string of the molecule is Cc1cc(C)nc(Nc2cccc(C(=O)NCCOCCO)c2)n1. The van der Waals surface area contributed by atoms with Gasteiger partial charge >= 0.3 is 0 Å². The van der Waals surface area contributed by atoms with Crippen molar-refractivity contribution in [2.75, 3.05) is 31.7 Å². The van der Waals surface area contributed by atoms with Crippen LogP contribution in [0.15, 0.2) is 30.3 Å². The minimum absolute atomic E-state index is 0.0256. The van der Waals surface area contributed by atoms with E-state index in [1.807, 2.05) is 26.0 Å². The summed E-state index contributed by atoms with van der Waals surface area (Å²) in [6, 6.07) is 9.01. The Kier molecular flexibility index (Phi) is 6.65. The van der Waals surface area contributed by atoms with Gasteiger partial charge in [0.05, 0.1) is 19.8 Å². The average Bonchev–Trinajstić information content (AvgIpc) is 2.54. The van der Waals surface area contributed by atoms with Crippen LogP contribution in [-0.2, 0) is 4.74 Å². The molecule has 1 heterocycles.